The average molecular weight is 420 g/mol. The number of aliphatic imine (C=N–C) groups is 1. The van der Waals surface area contributed by atoms with Crippen molar-refractivity contribution in [2.45, 2.75) is 25.8 Å². The molecule has 0 spiro atoms. The number of methoxy groups -OCH3 is 1. The number of halogens is 1. The molecule has 0 atom stereocenters. The van der Waals surface area contributed by atoms with Gasteiger partial charge in [0.15, 0.2) is 5.96 Å². The van der Waals surface area contributed by atoms with E-state index in [4.69, 9.17) is 10.5 Å². The zero-order valence-electron chi connectivity index (χ0n) is 12.5. The SMILES string of the molecule is COc1ccc([N+](=O)[O-])cc1CN=C(N)N1CCCCC1.I. The van der Waals surface area contributed by atoms with Crippen LogP contribution in [0.4, 0.5) is 5.69 Å². The third-order valence-corrected chi connectivity index (χ3v) is 3.57. The molecule has 0 radical (unpaired) electrons. The average Bonchev–Trinajstić information content (AvgIpc) is 2.53. The number of hydrogen-bond acceptors (Lipinski definition) is 4. The van der Waals surface area contributed by atoms with Gasteiger partial charge in [0.2, 0.25) is 0 Å². The Balaban J connectivity index is 0.00000242. The van der Waals surface area contributed by atoms with Gasteiger partial charge >= 0.3 is 0 Å². The first-order valence-electron chi connectivity index (χ1n) is 6.98. The van der Waals surface area contributed by atoms with Crippen LogP contribution in [0.2, 0.25) is 0 Å². The quantitative estimate of drug-likeness (QED) is 0.266. The van der Waals surface area contributed by atoms with E-state index in [1.54, 1.807) is 6.07 Å². The predicted molar refractivity (Wildman–Crippen MR) is 95.8 cm³/mol. The van der Waals surface area contributed by atoms with Crippen LogP contribution in [0.3, 0.4) is 0 Å². The van der Waals surface area contributed by atoms with Gasteiger partial charge in [-0.15, -0.1) is 24.0 Å². The first kappa shape index (κ1) is 18.5. The van der Waals surface area contributed by atoms with Crippen molar-refractivity contribution in [3.05, 3.63) is 33.9 Å². The molecule has 0 saturated carbocycles. The molecule has 0 aliphatic carbocycles. The lowest BCUT2D eigenvalue weighted by Gasteiger charge is -2.27. The highest BCUT2D eigenvalue weighted by atomic mass is 127. The minimum absolute atomic E-state index is 0. The molecular weight excluding hydrogens is 399 g/mol. The first-order valence-corrected chi connectivity index (χ1v) is 6.98. The summed E-state index contributed by atoms with van der Waals surface area (Å²) in [5, 5.41) is 10.8. The third kappa shape index (κ3) is 4.72. The highest BCUT2D eigenvalue weighted by molar-refractivity contribution is 14.0. The summed E-state index contributed by atoms with van der Waals surface area (Å²) in [5.74, 6) is 1.07. The van der Waals surface area contributed by atoms with Crippen molar-refractivity contribution in [1.82, 2.24) is 4.90 Å². The number of benzene rings is 1. The Morgan fingerprint density at radius 3 is 2.68 bits per heavy atom. The number of nitro benzene ring substituents is 1. The third-order valence-electron chi connectivity index (χ3n) is 3.57. The summed E-state index contributed by atoms with van der Waals surface area (Å²) >= 11 is 0. The van der Waals surface area contributed by atoms with Crippen LogP contribution in [-0.4, -0.2) is 36.0 Å². The molecule has 1 saturated heterocycles. The Kier molecular flexibility index (Phi) is 7.36. The molecule has 7 nitrogen and oxygen atoms in total. The summed E-state index contributed by atoms with van der Waals surface area (Å²) < 4.78 is 5.21. The number of nitrogens with zero attached hydrogens (tertiary/aromatic N) is 3. The highest BCUT2D eigenvalue weighted by Crippen LogP contribution is 2.24. The second-order valence-electron chi connectivity index (χ2n) is 4.98. The largest absolute Gasteiger partial charge is 0.496 e. The van der Waals surface area contributed by atoms with Gasteiger partial charge in [-0.2, -0.15) is 0 Å². The van der Waals surface area contributed by atoms with Crippen molar-refractivity contribution < 1.29 is 9.66 Å². The molecule has 0 amide bonds. The minimum atomic E-state index is -0.430. The highest BCUT2D eigenvalue weighted by Gasteiger charge is 2.14. The molecule has 122 valence electrons. The van der Waals surface area contributed by atoms with E-state index >= 15 is 0 Å². The van der Waals surface area contributed by atoms with Crippen molar-refractivity contribution in [3.63, 3.8) is 0 Å². The molecule has 0 bridgehead atoms. The lowest BCUT2D eigenvalue weighted by Crippen LogP contribution is -2.40. The van der Waals surface area contributed by atoms with Gasteiger partial charge in [-0.05, 0) is 25.3 Å². The number of rotatable bonds is 4. The van der Waals surface area contributed by atoms with Gasteiger partial charge in [-0.25, -0.2) is 4.99 Å². The van der Waals surface area contributed by atoms with Crippen LogP contribution in [0.1, 0.15) is 24.8 Å². The van der Waals surface area contributed by atoms with E-state index in [1.807, 2.05) is 4.90 Å². The van der Waals surface area contributed by atoms with Crippen molar-refractivity contribution in [2.24, 2.45) is 10.7 Å². The molecule has 1 fully saturated rings. The lowest BCUT2D eigenvalue weighted by atomic mass is 10.1. The van der Waals surface area contributed by atoms with E-state index in [1.165, 1.54) is 25.7 Å². The number of hydrogen-bond donors (Lipinski definition) is 1. The van der Waals surface area contributed by atoms with E-state index in [9.17, 15) is 10.1 Å². The van der Waals surface area contributed by atoms with Crippen molar-refractivity contribution in [1.29, 1.82) is 0 Å². The van der Waals surface area contributed by atoms with Gasteiger partial charge in [0.25, 0.3) is 5.69 Å². The fourth-order valence-corrected chi connectivity index (χ4v) is 2.39. The molecule has 0 aromatic heterocycles. The second kappa shape index (κ2) is 8.76. The van der Waals surface area contributed by atoms with E-state index in [0.717, 1.165) is 25.9 Å². The van der Waals surface area contributed by atoms with Gasteiger partial charge in [0, 0.05) is 30.8 Å². The topological polar surface area (TPSA) is 94.0 Å². The molecular formula is C14H21IN4O3. The van der Waals surface area contributed by atoms with E-state index in [0.29, 0.717) is 17.3 Å². The lowest BCUT2D eigenvalue weighted by molar-refractivity contribution is -0.384. The number of likely N-dealkylation sites (tertiary alicyclic amines) is 1. The zero-order chi connectivity index (χ0) is 15.2. The Hall–Kier alpha value is -1.58. The van der Waals surface area contributed by atoms with Crippen LogP contribution in [0.5, 0.6) is 5.75 Å². The maximum atomic E-state index is 10.8. The van der Waals surface area contributed by atoms with Gasteiger partial charge in [-0.3, -0.25) is 10.1 Å². The number of non-ortho nitro benzene ring substituents is 1. The minimum Gasteiger partial charge on any atom is -0.496 e. The second-order valence-corrected chi connectivity index (χ2v) is 4.98. The molecule has 8 heteroatoms. The van der Waals surface area contributed by atoms with Crippen molar-refractivity contribution in [3.8, 4) is 5.75 Å². The monoisotopic (exact) mass is 420 g/mol. The van der Waals surface area contributed by atoms with Crippen molar-refractivity contribution in [2.75, 3.05) is 20.2 Å². The molecule has 1 aromatic rings. The Morgan fingerprint density at radius 1 is 1.41 bits per heavy atom. The number of guanidine groups is 1. The van der Waals surface area contributed by atoms with Gasteiger partial charge in [-0.1, -0.05) is 0 Å². The predicted octanol–water partition coefficient (Wildman–Crippen LogP) is 2.52. The molecule has 0 unspecified atom stereocenters. The Labute approximate surface area is 146 Å². The molecule has 1 aliphatic rings. The zero-order valence-corrected chi connectivity index (χ0v) is 14.9. The summed E-state index contributed by atoms with van der Waals surface area (Å²) in [6.07, 6.45) is 3.47. The van der Waals surface area contributed by atoms with Crippen LogP contribution in [0, 0.1) is 10.1 Å². The van der Waals surface area contributed by atoms with E-state index in [2.05, 4.69) is 4.99 Å². The van der Waals surface area contributed by atoms with Crippen LogP contribution in [-0.2, 0) is 6.54 Å². The first-order chi connectivity index (χ1) is 10.1. The van der Waals surface area contributed by atoms with Crippen LogP contribution in [0.25, 0.3) is 0 Å². The standard InChI is InChI=1S/C14H20N4O3.HI/c1-21-13-6-5-12(18(19)20)9-11(13)10-16-14(15)17-7-3-2-4-8-17;/h5-6,9H,2-4,7-8,10H2,1H3,(H2,15,16);1H. The fourth-order valence-electron chi connectivity index (χ4n) is 2.39. The summed E-state index contributed by atoms with van der Waals surface area (Å²) in [5.41, 5.74) is 6.67. The Morgan fingerprint density at radius 2 is 2.09 bits per heavy atom. The summed E-state index contributed by atoms with van der Waals surface area (Å²) in [4.78, 5) is 16.8. The number of nitrogens with two attached hydrogens (primary N) is 1. The molecule has 1 aliphatic heterocycles. The van der Waals surface area contributed by atoms with E-state index in [-0.39, 0.29) is 36.2 Å². The molecule has 1 aromatic carbocycles. The number of ether oxygens (including phenoxy) is 1. The maximum absolute atomic E-state index is 10.8. The van der Waals surface area contributed by atoms with Crippen LogP contribution in [0.15, 0.2) is 23.2 Å². The smallest absolute Gasteiger partial charge is 0.270 e. The molecule has 22 heavy (non-hydrogen) atoms. The van der Waals surface area contributed by atoms with Crippen LogP contribution >= 0.6 is 24.0 Å². The van der Waals surface area contributed by atoms with E-state index < -0.39 is 4.92 Å². The molecule has 2 N–H and O–H groups in total. The van der Waals surface area contributed by atoms with Gasteiger partial charge < -0.3 is 15.4 Å². The summed E-state index contributed by atoms with van der Waals surface area (Å²) in [7, 11) is 1.53. The molecule has 1 heterocycles. The number of piperidine rings is 1. The summed E-state index contributed by atoms with van der Waals surface area (Å²) in [6, 6.07) is 4.48. The van der Waals surface area contributed by atoms with Crippen LogP contribution < -0.4 is 10.5 Å². The normalized spacial score (nSPS) is 15.1. The molecule has 2 rings (SSSR count). The van der Waals surface area contributed by atoms with Gasteiger partial charge in [0.1, 0.15) is 5.75 Å². The maximum Gasteiger partial charge on any atom is 0.270 e. The van der Waals surface area contributed by atoms with Gasteiger partial charge in [0.05, 0.1) is 18.6 Å². The summed E-state index contributed by atoms with van der Waals surface area (Å²) in [6.45, 7) is 2.11. The Bertz CT molecular complexity index is 545. The number of nitro groups is 1. The van der Waals surface area contributed by atoms with Crippen molar-refractivity contribution >= 4 is 35.6 Å². The fraction of sp³-hybridized carbons (Fsp3) is 0.500.